The van der Waals surface area contributed by atoms with Crippen LogP contribution in [0.25, 0.3) is 6.08 Å². The summed E-state index contributed by atoms with van der Waals surface area (Å²) in [4.78, 5) is 26.8. The summed E-state index contributed by atoms with van der Waals surface area (Å²) in [5.41, 5.74) is 0.563. The Morgan fingerprint density at radius 1 is 1.23 bits per heavy atom. The molecule has 2 aromatic carbocycles. The molecule has 1 aliphatic heterocycles. The van der Waals surface area contributed by atoms with Crippen LogP contribution in [0.4, 0.5) is 10.1 Å². The van der Waals surface area contributed by atoms with E-state index in [4.69, 9.17) is 21.7 Å². The number of carbonyl (C=O) groups is 2. The number of carbonyl (C=O) groups excluding carboxylic acids is 2. The van der Waals surface area contributed by atoms with Crippen molar-refractivity contribution >= 4 is 40.9 Å². The number of hydrogen-bond acceptors (Lipinski definition) is 5. The quantitative estimate of drug-likeness (QED) is 0.430. The van der Waals surface area contributed by atoms with E-state index < -0.39 is 17.6 Å². The molecule has 1 heterocycles. The van der Waals surface area contributed by atoms with E-state index in [-0.39, 0.29) is 22.5 Å². The largest absolute Gasteiger partial charge is 0.493 e. The zero-order valence-corrected chi connectivity index (χ0v) is 17.6. The minimum Gasteiger partial charge on any atom is -0.493 e. The molecule has 6 nitrogen and oxygen atoms in total. The average molecular weight is 428 g/mol. The van der Waals surface area contributed by atoms with Crippen molar-refractivity contribution in [2.45, 2.75) is 26.4 Å². The summed E-state index contributed by atoms with van der Waals surface area (Å²) in [6.07, 6.45) is 2.08. The Hall–Kier alpha value is -3.26. The summed E-state index contributed by atoms with van der Waals surface area (Å²) in [6, 6.07) is 10.6. The van der Waals surface area contributed by atoms with Crippen molar-refractivity contribution in [2.24, 2.45) is 0 Å². The molecule has 0 radical (unpaired) electrons. The Bertz CT molecular complexity index is 1040. The maximum atomic E-state index is 13.7. The molecule has 0 aromatic heterocycles. The fourth-order valence-corrected chi connectivity index (χ4v) is 3.16. The molecule has 1 atom stereocenters. The van der Waals surface area contributed by atoms with Gasteiger partial charge in [0.25, 0.3) is 11.8 Å². The number of thiocarbonyl (C=S) groups is 1. The number of halogens is 1. The number of hydrogen-bond donors (Lipinski definition) is 1. The first-order valence-electron chi connectivity index (χ1n) is 9.36. The molecule has 1 saturated heterocycles. The highest BCUT2D eigenvalue weighted by Gasteiger charge is 2.35. The first-order chi connectivity index (χ1) is 14.3. The third-order valence-electron chi connectivity index (χ3n) is 4.59. The van der Waals surface area contributed by atoms with Crippen LogP contribution in [-0.2, 0) is 9.59 Å². The second-order valence-corrected chi connectivity index (χ2v) is 7.04. The molecular weight excluding hydrogens is 407 g/mol. The van der Waals surface area contributed by atoms with Crippen LogP contribution in [0.3, 0.4) is 0 Å². The molecule has 156 valence electrons. The number of rotatable bonds is 6. The van der Waals surface area contributed by atoms with Crippen molar-refractivity contribution in [3.63, 3.8) is 0 Å². The summed E-state index contributed by atoms with van der Waals surface area (Å²) in [5, 5.41) is 2.37. The van der Waals surface area contributed by atoms with Crippen molar-refractivity contribution in [3.8, 4) is 11.5 Å². The minimum absolute atomic E-state index is 0.106. The third-order valence-corrected chi connectivity index (χ3v) is 4.88. The van der Waals surface area contributed by atoms with Gasteiger partial charge in [0.15, 0.2) is 16.6 Å². The zero-order valence-electron chi connectivity index (χ0n) is 16.8. The van der Waals surface area contributed by atoms with Crippen LogP contribution in [0.1, 0.15) is 25.8 Å². The molecule has 0 aliphatic carbocycles. The second-order valence-electron chi connectivity index (χ2n) is 6.65. The van der Waals surface area contributed by atoms with Crippen LogP contribution in [0.5, 0.6) is 11.5 Å². The first kappa shape index (κ1) is 21.4. The van der Waals surface area contributed by atoms with Gasteiger partial charge < -0.3 is 9.47 Å². The van der Waals surface area contributed by atoms with Gasteiger partial charge in [0, 0.05) is 5.56 Å². The normalized spacial score (nSPS) is 16.5. The van der Waals surface area contributed by atoms with Gasteiger partial charge in [-0.05, 0) is 55.9 Å². The SMILES string of the molecule is CC[C@H](C)Oc1c(/C=C2\C(=O)NC(=S)N(c3cccc(F)c3)C2=O)cccc1OC. The van der Waals surface area contributed by atoms with E-state index in [1.54, 1.807) is 18.2 Å². The maximum absolute atomic E-state index is 13.7. The number of nitrogens with zero attached hydrogens (tertiary/aromatic N) is 1. The summed E-state index contributed by atoms with van der Waals surface area (Å²) in [5.74, 6) is -0.928. The fraction of sp³-hybridized carbons (Fsp3) is 0.227. The molecule has 1 fully saturated rings. The van der Waals surface area contributed by atoms with Gasteiger partial charge in [0.2, 0.25) is 0 Å². The molecule has 3 rings (SSSR count). The topological polar surface area (TPSA) is 67.9 Å². The van der Waals surface area contributed by atoms with E-state index in [1.165, 1.54) is 37.5 Å². The molecule has 0 bridgehead atoms. The van der Waals surface area contributed by atoms with Crippen LogP contribution in [0.15, 0.2) is 48.0 Å². The number of para-hydroxylation sites is 1. The highest BCUT2D eigenvalue weighted by Crippen LogP contribution is 2.34. The van der Waals surface area contributed by atoms with E-state index >= 15 is 0 Å². The Morgan fingerprint density at radius 3 is 2.63 bits per heavy atom. The average Bonchev–Trinajstić information content (AvgIpc) is 2.71. The Kier molecular flexibility index (Phi) is 6.47. The van der Waals surface area contributed by atoms with E-state index in [9.17, 15) is 14.0 Å². The van der Waals surface area contributed by atoms with Crippen LogP contribution in [-0.4, -0.2) is 30.1 Å². The third kappa shape index (κ3) is 4.33. The van der Waals surface area contributed by atoms with E-state index in [0.29, 0.717) is 17.1 Å². The Morgan fingerprint density at radius 2 is 1.97 bits per heavy atom. The first-order valence-corrected chi connectivity index (χ1v) is 9.77. The van der Waals surface area contributed by atoms with Gasteiger partial charge in [0.05, 0.1) is 18.9 Å². The molecule has 1 N–H and O–H groups in total. The lowest BCUT2D eigenvalue weighted by Crippen LogP contribution is -2.54. The highest BCUT2D eigenvalue weighted by molar-refractivity contribution is 7.80. The Labute approximate surface area is 179 Å². The van der Waals surface area contributed by atoms with Crippen molar-refractivity contribution < 1.29 is 23.5 Å². The van der Waals surface area contributed by atoms with Crippen LogP contribution in [0.2, 0.25) is 0 Å². The highest BCUT2D eigenvalue weighted by atomic mass is 32.1. The van der Waals surface area contributed by atoms with Crippen LogP contribution < -0.4 is 19.7 Å². The van der Waals surface area contributed by atoms with Gasteiger partial charge >= 0.3 is 0 Å². The Balaban J connectivity index is 2.07. The number of ether oxygens (including phenoxy) is 2. The van der Waals surface area contributed by atoms with Crippen LogP contribution in [0, 0.1) is 5.82 Å². The van der Waals surface area contributed by atoms with Gasteiger partial charge in [-0.15, -0.1) is 0 Å². The number of anilines is 1. The minimum atomic E-state index is -0.661. The molecule has 0 unspecified atom stereocenters. The van der Waals surface area contributed by atoms with Gasteiger partial charge in [-0.3, -0.25) is 19.8 Å². The molecule has 2 aromatic rings. The number of methoxy groups -OCH3 is 1. The monoisotopic (exact) mass is 428 g/mol. The summed E-state index contributed by atoms with van der Waals surface area (Å²) >= 11 is 5.14. The fourth-order valence-electron chi connectivity index (χ4n) is 2.88. The lowest BCUT2D eigenvalue weighted by Gasteiger charge is -2.29. The second kappa shape index (κ2) is 9.04. The lowest BCUT2D eigenvalue weighted by molar-refractivity contribution is -0.122. The zero-order chi connectivity index (χ0) is 21.8. The number of benzene rings is 2. The molecular formula is C22H21FN2O4S. The summed E-state index contributed by atoms with van der Waals surface area (Å²) < 4.78 is 25.0. The molecule has 0 saturated carbocycles. The van der Waals surface area contributed by atoms with Gasteiger partial charge in [0.1, 0.15) is 11.4 Å². The number of nitrogens with one attached hydrogen (secondary N) is 1. The van der Waals surface area contributed by atoms with Gasteiger partial charge in [-0.2, -0.15) is 0 Å². The van der Waals surface area contributed by atoms with Crippen molar-refractivity contribution in [3.05, 3.63) is 59.4 Å². The van der Waals surface area contributed by atoms with E-state index in [1.807, 2.05) is 13.8 Å². The van der Waals surface area contributed by atoms with Crippen LogP contribution >= 0.6 is 12.2 Å². The molecule has 1 aliphatic rings. The van der Waals surface area contributed by atoms with Crippen molar-refractivity contribution in [2.75, 3.05) is 12.0 Å². The summed E-state index contributed by atoms with van der Waals surface area (Å²) in [6.45, 7) is 3.89. The van der Waals surface area contributed by atoms with Crippen molar-refractivity contribution in [1.82, 2.24) is 5.32 Å². The predicted molar refractivity (Wildman–Crippen MR) is 116 cm³/mol. The standard InChI is InChI=1S/C22H21FN2O4S/c1-4-13(2)29-19-14(7-5-10-18(19)28-3)11-17-20(26)24-22(30)25(21(17)27)16-9-6-8-15(23)12-16/h5-13H,4H2,1-3H3,(H,24,26,30)/b17-11+/t13-/m0/s1. The number of amides is 2. The molecule has 2 amide bonds. The molecule has 0 spiro atoms. The van der Waals surface area contributed by atoms with Gasteiger partial charge in [-0.25, -0.2) is 4.39 Å². The van der Waals surface area contributed by atoms with E-state index in [2.05, 4.69) is 5.32 Å². The van der Waals surface area contributed by atoms with Crippen molar-refractivity contribution in [1.29, 1.82) is 0 Å². The maximum Gasteiger partial charge on any atom is 0.270 e. The molecule has 8 heteroatoms. The van der Waals surface area contributed by atoms with Gasteiger partial charge in [-0.1, -0.05) is 25.1 Å². The predicted octanol–water partition coefficient (Wildman–Crippen LogP) is 3.84. The molecule has 30 heavy (non-hydrogen) atoms. The summed E-state index contributed by atoms with van der Waals surface area (Å²) in [7, 11) is 1.51. The van der Waals surface area contributed by atoms with E-state index in [0.717, 1.165) is 11.3 Å². The smallest absolute Gasteiger partial charge is 0.270 e. The lowest BCUT2D eigenvalue weighted by atomic mass is 10.1.